The van der Waals surface area contributed by atoms with Crippen molar-refractivity contribution < 1.29 is 14.1 Å². The molecule has 0 bridgehead atoms. The smallest absolute Gasteiger partial charge is 0.323 e. The van der Waals surface area contributed by atoms with Crippen LogP contribution in [0.15, 0.2) is 0 Å². The van der Waals surface area contributed by atoms with Crippen molar-refractivity contribution in [2.45, 2.75) is 18.9 Å². The maximum atomic E-state index is 10.9. The first kappa shape index (κ1) is 11.4. The molecule has 0 aromatic heterocycles. The van der Waals surface area contributed by atoms with Gasteiger partial charge in [0, 0.05) is 21.7 Å². The third-order valence-corrected chi connectivity index (χ3v) is 2.48. The number of nitrogens with one attached hydrogen (secondary N) is 1. The molecule has 2 atom stereocenters. The van der Waals surface area contributed by atoms with Crippen molar-refractivity contribution in [3.05, 3.63) is 0 Å². The molecule has 0 aliphatic carbocycles. The van der Waals surface area contributed by atoms with Crippen LogP contribution in [0.4, 0.5) is 0 Å². The van der Waals surface area contributed by atoms with Crippen molar-refractivity contribution in [3.8, 4) is 0 Å². The van der Waals surface area contributed by atoms with Crippen LogP contribution in [0.5, 0.6) is 0 Å². The quantitative estimate of drug-likeness (QED) is 0.579. The van der Waals surface area contributed by atoms with Gasteiger partial charge in [0.05, 0.1) is 0 Å². The molecule has 0 radical (unpaired) electrons. The molecule has 6 heteroatoms. The Morgan fingerprint density at radius 2 is 2.17 bits per heavy atom. The van der Waals surface area contributed by atoms with Gasteiger partial charge in [0.2, 0.25) is 0 Å². The van der Waals surface area contributed by atoms with Crippen LogP contribution in [-0.4, -0.2) is 32.8 Å². The van der Waals surface area contributed by atoms with Crippen LogP contribution in [0.1, 0.15) is 13.3 Å². The number of carboxylic acids is 1. The molecule has 2 unspecified atom stereocenters. The number of rotatable bonds is 4. The Hall–Kier alpha value is -0.620. The molecular weight excluding hydrogens is 180 g/mol. The van der Waals surface area contributed by atoms with E-state index in [1.807, 2.05) is 0 Å². The van der Waals surface area contributed by atoms with E-state index in [0.29, 0.717) is 0 Å². The molecule has 0 heterocycles. The van der Waals surface area contributed by atoms with E-state index < -0.39 is 21.2 Å². The van der Waals surface area contributed by atoms with Crippen molar-refractivity contribution in [3.63, 3.8) is 0 Å². The summed E-state index contributed by atoms with van der Waals surface area (Å²) in [6.45, 7) is 1.35. The number of hydrogen-bond donors (Lipinski definition) is 3. The lowest BCUT2D eigenvalue weighted by Gasteiger charge is -2.18. The summed E-state index contributed by atoms with van der Waals surface area (Å²) in [7, 11) is -2.63. The van der Waals surface area contributed by atoms with Gasteiger partial charge in [0.25, 0.3) is 0 Å². The summed E-state index contributed by atoms with van der Waals surface area (Å²) in [5, 5.41) is 8.56. The van der Waals surface area contributed by atoms with Crippen molar-refractivity contribution in [1.29, 1.82) is 4.78 Å². The van der Waals surface area contributed by atoms with Crippen LogP contribution >= 0.6 is 0 Å². The van der Waals surface area contributed by atoms with Crippen LogP contribution in [0.25, 0.3) is 0 Å². The highest BCUT2D eigenvalue weighted by molar-refractivity contribution is 7.91. The molecule has 72 valence electrons. The van der Waals surface area contributed by atoms with Gasteiger partial charge < -0.3 is 10.8 Å². The minimum atomic E-state index is -2.63. The van der Waals surface area contributed by atoms with Gasteiger partial charge in [-0.25, -0.2) is 0 Å². The molecule has 0 aliphatic heterocycles. The average Bonchev–Trinajstić information content (AvgIpc) is 1.82. The van der Waals surface area contributed by atoms with Crippen LogP contribution in [-0.2, 0) is 14.5 Å². The maximum Gasteiger partial charge on any atom is 0.323 e. The van der Waals surface area contributed by atoms with E-state index in [1.54, 1.807) is 0 Å². The van der Waals surface area contributed by atoms with Crippen LogP contribution < -0.4 is 5.73 Å². The summed E-state index contributed by atoms with van der Waals surface area (Å²) in [6, 6.07) is 0. The van der Waals surface area contributed by atoms with Crippen molar-refractivity contribution in [2.24, 2.45) is 5.73 Å². The highest BCUT2D eigenvalue weighted by atomic mass is 32.2. The minimum absolute atomic E-state index is 0.0201. The molecule has 0 spiro atoms. The summed E-state index contributed by atoms with van der Waals surface area (Å²) in [4.78, 5) is 10.5. The Kier molecular flexibility index (Phi) is 3.23. The fourth-order valence-electron chi connectivity index (χ4n) is 0.514. The molecule has 0 amide bonds. The zero-order valence-corrected chi connectivity index (χ0v) is 7.98. The second kappa shape index (κ2) is 3.40. The van der Waals surface area contributed by atoms with Gasteiger partial charge in [0.1, 0.15) is 5.54 Å². The van der Waals surface area contributed by atoms with E-state index in [-0.39, 0.29) is 12.2 Å². The molecular formula is C6H14N2O3S. The summed E-state index contributed by atoms with van der Waals surface area (Å²) in [6.07, 6.45) is 1.33. The van der Waals surface area contributed by atoms with Crippen LogP contribution in [0.2, 0.25) is 0 Å². The van der Waals surface area contributed by atoms with E-state index in [1.165, 1.54) is 13.2 Å². The second-order valence-corrected chi connectivity index (χ2v) is 5.60. The molecule has 0 saturated heterocycles. The minimum Gasteiger partial charge on any atom is -0.480 e. The molecule has 0 fully saturated rings. The zero-order valence-electron chi connectivity index (χ0n) is 7.16. The van der Waals surface area contributed by atoms with Crippen LogP contribution in [0, 0.1) is 4.78 Å². The number of hydrogen-bond acceptors (Lipinski definition) is 4. The van der Waals surface area contributed by atoms with Gasteiger partial charge in [-0.15, -0.1) is 0 Å². The average molecular weight is 194 g/mol. The van der Waals surface area contributed by atoms with Crippen molar-refractivity contribution in [1.82, 2.24) is 0 Å². The molecule has 4 N–H and O–H groups in total. The lowest BCUT2D eigenvalue weighted by Crippen LogP contribution is -2.46. The highest BCUT2D eigenvalue weighted by Gasteiger charge is 2.28. The van der Waals surface area contributed by atoms with Gasteiger partial charge >= 0.3 is 5.97 Å². The van der Waals surface area contributed by atoms with Crippen LogP contribution in [0.3, 0.4) is 0 Å². The molecule has 0 aromatic carbocycles. The summed E-state index contributed by atoms with van der Waals surface area (Å²) in [5.41, 5.74) is 3.98. The van der Waals surface area contributed by atoms with E-state index >= 15 is 0 Å². The predicted octanol–water partition coefficient (Wildman–Crippen LogP) is -0.145. The van der Waals surface area contributed by atoms with Gasteiger partial charge in [0.15, 0.2) is 0 Å². The maximum absolute atomic E-state index is 10.9. The SMILES string of the molecule is CC(N)(CCS(C)(=N)=O)C(=O)O. The Balaban J connectivity index is 4.20. The Bertz CT molecular complexity index is 269. The number of nitrogens with two attached hydrogens (primary N) is 1. The fourth-order valence-corrected chi connectivity index (χ4v) is 1.33. The number of aliphatic carboxylic acids is 1. The first-order valence-electron chi connectivity index (χ1n) is 3.39. The van der Waals surface area contributed by atoms with Gasteiger partial charge in [-0.2, -0.15) is 0 Å². The summed E-state index contributed by atoms with van der Waals surface area (Å²) < 4.78 is 17.9. The zero-order chi connectivity index (χ0) is 9.99. The number of carboxylic acid groups (broad SMARTS) is 1. The molecule has 5 nitrogen and oxygen atoms in total. The Morgan fingerprint density at radius 1 is 1.75 bits per heavy atom. The van der Waals surface area contributed by atoms with Crippen molar-refractivity contribution in [2.75, 3.05) is 12.0 Å². The van der Waals surface area contributed by atoms with Gasteiger partial charge in [-0.1, -0.05) is 0 Å². The summed E-state index contributed by atoms with van der Waals surface area (Å²) in [5.74, 6) is -1.11. The largest absolute Gasteiger partial charge is 0.480 e. The molecule has 0 aromatic rings. The standard InChI is InChI=1S/C6H14N2O3S/c1-6(7,5(9)10)3-4-12(2,8)11/h8H,3-4,7H2,1-2H3,(H,9,10). The van der Waals surface area contributed by atoms with E-state index in [9.17, 15) is 9.00 Å². The third kappa shape index (κ3) is 4.30. The topological polar surface area (TPSA) is 104 Å². The molecule has 0 aliphatic rings. The highest BCUT2D eigenvalue weighted by Crippen LogP contribution is 2.07. The molecule has 0 rings (SSSR count). The van der Waals surface area contributed by atoms with E-state index in [4.69, 9.17) is 15.6 Å². The fraction of sp³-hybridized carbons (Fsp3) is 0.833. The lowest BCUT2D eigenvalue weighted by atomic mass is 10.0. The second-order valence-electron chi connectivity index (χ2n) is 3.18. The first-order valence-corrected chi connectivity index (χ1v) is 5.52. The van der Waals surface area contributed by atoms with Crippen molar-refractivity contribution >= 4 is 15.7 Å². The van der Waals surface area contributed by atoms with E-state index in [2.05, 4.69) is 0 Å². The molecule has 12 heavy (non-hydrogen) atoms. The first-order chi connectivity index (χ1) is 5.15. The van der Waals surface area contributed by atoms with Gasteiger partial charge in [-0.3, -0.25) is 13.8 Å². The normalized spacial score (nSPS) is 20.9. The van der Waals surface area contributed by atoms with Gasteiger partial charge in [-0.05, 0) is 13.3 Å². The Morgan fingerprint density at radius 3 is 2.42 bits per heavy atom. The molecule has 0 saturated carbocycles. The monoisotopic (exact) mass is 194 g/mol. The van der Waals surface area contributed by atoms with E-state index in [0.717, 1.165) is 0 Å². The Labute approximate surface area is 71.9 Å². The third-order valence-electron chi connectivity index (χ3n) is 1.50. The summed E-state index contributed by atoms with van der Waals surface area (Å²) >= 11 is 0. The number of carbonyl (C=O) groups is 1. The predicted molar refractivity (Wildman–Crippen MR) is 46.5 cm³/mol. The lowest BCUT2D eigenvalue weighted by molar-refractivity contribution is -0.142.